The average Bonchev–Trinajstić information content (AvgIpc) is 3.05. The molecule has 7 nitrogen and oxygen atoms in total. The van der Waals surface area contributed by atoms with Gasteiger partial charge in [0.25, 0.3) is 5.56 Å². The van der Waals surface area contributed by atoms with E-state index >= 15 is 0 Å². The molecule has 0 spiro atoms. The smallest absolute Gasteiger partial charge is 0.335 e. The van der Waals surface area contributed by atoms with E-state index in [4.69, 9.17) is 9.84 Å². The molecule has 3 aromatic rings. The maximum Gasteiger partial charge on any atom is 0.335 e. The molecule has 8 heteroatoms. The van der Waals surface area contributed by atoms with E-state index in [1.54, 1.807) is 23.5 Å². The molecule has 0 saturated carbocycles. The third kappa shape index (κ3) is 3.64. The second kappa shape index (κ2) is 7.71. The van der Waals surface area contributed by atoms with Crippen molar-refractivity contribution in [2.75, 3.05) is 6.61 Å². The molecule has 1 aromatic carbocycles. The quantitative estimate of drug-likeness (QED) is 0.640. The molecule has 1 unspecified atom stereocenters. The Kier molecular flexibility index (Phi) is 5.13. The van der Waals surface area contributed by atoms with Crippen LogP contribution in [-0.4, -0.2) is 32.7 Å². The van der Waals surface area contributed by atoms with E-state index in [0.29, 0.717) is 31.2 Å². The highest BCUT2D eigenvalue weighted by Crippen LogP contribution is 2.35. The molecule has 0 fully saturated rings. The molecule has 2 heterocycles. The summed E-state index contributed by atoms with van der Waals surface area (Å²) in [7, 11) is 0. The average molecular weight is 399 g/mol. The Labute approximate surface area is 165 Å². The molecule has 0 amide bonds. The van der Waals surface area contributed by atoms with E-state index in [1.807, 2.05) is 0 Å². The first kappa shape index (κ1) is 18.6. The van der Waals surface area contributed by atoms with Gasteiger partial charge in [-0.25, -0.2) is 9.48 Å². The van der Waals surface area contributed by atoms with Crippen LogP contribution in [-0.2, 0) is 19.4 Å². The lowest BCUT2D eigenvalue weighted by Crippen LogP contribution is -2.25. The fourth-order valence-corrected chi connectivity index (χ4v) is 4.85. The zero-order valence-electron chi connectivity index (χ0n) is 15.6. The van der Waals surface area contributed by atoms with Crippen LogP contribution in [0.15, 0.2) is 29.1 Å². The number of carbonyl (C=O) groups is 1. The molecular weight excluding hydrogens is 378 g/mol. The van der Waals surface area contributed by atoms with Gasteiger partial charge in [-0.2, -0.15) is 0 Å². The van der Waals surface area contributed by atoms with Gasteiger partial charge in [-0.15, -0.1) is 16.4 Å². The number of aryl methyl sites for hydroxylation is 2. The van der Waals surface area contributed by atoms with E-state index in [9.17, 15) is 9.59 Å². The lowest BCUT2D eigenvalue weighted by Gasteiger charge is -2.17. The van der Waals surface area contributed by atoms with E-state index in [1.165, 1.54) is 27.3 Å². The van der Waals surface area contributed by atoms with Crippen LogP contribution in [0.5, 0.6) is 5.75 Å². The first-order valence-electron chi connectivity index (χ1n) is 9.37. The maximum absolute atomic E-state index is 12.9. The van der Waals surface area contributed by atoms with Crippen molar-refractivity contribution in [1.82, 2.24) is 15.0 Å². The molecule has 0 radical (unpaired) electrons. The molecule has 0 saturated heterocycles. The molecule has 0 bridgehead atoms. The maximum atomic E-state index is 12.9. The van der Waals surface area contributed by atoms with Crippen molar-refractivity contribution in [3.8, 4) is 5.75 Å². The number of carboxylic acid groups (broad SMARTS) is 1. The van der Waals surface area contributed by atoms with Crippen molar-refractivity contribution < 1.29 is 14.6 Å². The number of thiophene rings is 1. The van der Waals surface area contributed by atoms with Gasteiger partial charge in [-0.3, -0.25) is 4.79 Å². The molecule has 1 atom stereocenters. The fourth-order valence-electron chi connectivity index (χ4n) is 3.54. The largest absolute Gasteiger partial charge is 0.494 e. The molecule has 1 aliphatic rings. The molecule has 4 rings (SSSR count). The number of hydrogen-bond donors (Lipinski definition) is 1. The van der Waals surface area contributed by atoms with Crippen molar-refractivity contribution in [2.45, 2.75) is 39.2 Å². The van der Waals surface area contributed by atoms with Crippen LogP contribution in [0.3, 0.4) is 0 Å². The third-order valence-electron chi connectivity index (χ3n) is 5.07. The molecule has 1 aliphatic carbocycles. The highest BCUT2D eigenvalue weighted by molar-refractivity contribution is 7.18. The second-order valence-corrected chi connectivity index (χ2v) is 8.26. The van der Waals surface area contributed by atoms with Crippen LogP contribution in [0.25, 0.3) is 10.2 Å². The Morgan fingerprint density at radius 2 is 2.14 bits per heavy atom. The van der Waals surface area contributed by atoms with Gasteiger partial charge in [0.05, 0.1) is 17.6 Å². The number of hydrogen-bond acceptors (Lipinski definition) is 6. The topological polar surface area (TPSA) is 94.3 Å². The zero-order valence-corrected chi connectivity index (χ0v) is 16.4. The van der Waals surface area contributed by atoms with Crippen molar-refractivity contribution in [3.05, 3.63) is 50.6 Å². The highest BCUT2D eigenvalue weighted by atomic mass is 32.1. The first-order chi connectivity index (χ1) is 13.5. The molecular formula is C20H21N3O4S. The number of rotatable bonds is 6. The summed E-state index contributed by atoms with van der Waals surface area (Å²) >= 11 is 1.60. The normalized spacial score (nSPS) is 16.1. The van der Waals surface area contributed by atoms with Gasteiger partial charge in [0.1, 0.15) is 5.75 Å². The number of fused-ring (bicyclic) bond motifs is 3. The van der Waals surface area contributed by atoms with Crippen LogP contribution in [0.2, 0.25) is 0 Å². The molecule has 28 heavy (non-hydrogen) atoms. The van der Waals surface area contributed by atoms with Crippen LogP contribution >= 0.6 is 11.3 Å². The van der Waals surface area contributed by atoms with E-state index in [-0.39, 0.29) is 11.1 Å². The number of aromatic nitrogens is 3. The van der Waals surface area contributed by atoms with Gasteiger partial charge < -0.3 is 9.84 Å². The number of aromatic carboxylic acids is 1. The molecule has 0 aliphatic heterocycles. The molecule has 1 N–H and O–H groups in total. The number of nitrogens with zero attached hydrogens (tertiary/aromatic N) is 3. The summed E-state index contributed by atoms with van der Waals surface area (Å²) in [5, 5.41) is 18.0. The minimum Gasteiger partial charge on any atom is -0.494 e. The zero-order chi connectivity index (χ0) is 19.7. The number of carboxylic acids is 1. The minimum absolute atomic E-state index is 0.0668. The summed E-state index contributed by atoms with van der Waals surface area (Å²) < 4.78 is 7.04. The summed E-state index contributed by atoms with van der Waals surface area (Å²) in [6, 6.07) is 6.25. The SMILES string of the molecule is CC1CCc2c(sc3nnn(CCCOc4ccc(C(=O)O)cc4)c(=O)c23)C1. The highest BCUT2D eigenvalue weighted by Gasteiger charge is 2.23. The summed E-state index contributed by atoms with van der Waals surface area (Å²) in [6.07, 6.45) is 3.66. The summed E-state index contributed by atoms with van der Waals surface area (Å²) in [4.78, 5) is 25.8. The molecule has 146 valence electrons. The van der Waals surface area contributed by atoms with Crippen molar-refractivity contribution >= 4 is 27.5 Å². The van der Waals surface area contributed by atoms with Crippen LogP contribution < -0.4 is 10.3 Å². The van der Waals surface area contributed by atoms with Crippen LogP contribution in [0, 0.1) is 5.92 Å². The van der Waals surface area contributed by atoms with Gasteiger partial charge in [-0.1, -0.05) is 12.1 Å². The predicted molar refractivity (Wildman–Crippen MR) is 106 cm³/mol. The van der Waals surface area contributed by atoms with Crippen LogP contribution in [0.1, 0.15) is 40.6 Å². The van der Waals surface area contributed by atoms with Gasteiger partial charge in [0.15, 0.2) is 4.83 Å². The Balaban J connectivity index is 1.42. The van der Waals surface area contributed by atoms with Gasteiger partial charge >= 0.3 is 5.97 Å². The lowest BCUT2D eigenvalue weighted by atomic mass is 9.89. The van der Waals surface area contributed by atoms with E-state index < -0.39 is 5.97 Å². The number of ether oxygens (including phenoxy) is 1. The number of benzene rings is 1. The lowest BCUT2D eigenvalue weighted by molar-refractivity contribution is 0.0697. The minimum atomic E-state index is -0.968. The third-order valence-corrected chi connectivity index (χ3v) is 6.21. The monoisotopic (exact) mass is 399 g/mol. The fraction of sp³-hybridized carbons (Fsp3) is 0.400. The Hall–Kier alpha value is -2.74. The van der Waals surface area contributed by atoms with Gasteiger partial charge in [-0.05, 0) is 55.0 Å². The van der Waals surface area contributed by atoms with Crippen molar-refractivity contribution in [3.63, 3.8) is 0 Å². The Morgan fingerprint density at radius 1 is 1.36 bits per heavy atom. The Bertz CT molecular complexity index is 1070. The van der Waals surface area contributed by atoms with Crippen molar-refractivity contribution in [1.29, 1.82) is 0 Å². The summed E-state index contributed by atoms with van der Waals surface area (Å²) in [6.45, 7) is 3.07. The predicted octanol–water partition coefficient (Wildman–Crippen LogP) is 3.15. The van der Waals surface area contributed by atoms with Gasteiger partial charge in [0, 0.05) is 17.8 Å². The molecule has 2 aromatic heterocycles. The van der Waals surface area contributed by atoms with E-state index in [0.717, 1.165) is 29.5 Å². The summed E-state index contributed by atoms with van der Waals surface area (Å²) in [5.74, 6) is 0.280. The Morgan fingerprint density at radius 3 is 2.89 bits per heavy atom. The first-order valence-corrected chi connectivity index (χ1v) is 10.2. The van der Waals surface area contributed by atoms with Crippen molar-refractivity contribution in [2.24, 2.45) is 5.92 Å². The van der Waals surface area contributed by atoms with Gasteiger partial charge in [0.2, 0.25) is 0 Å². The standard InChI is InChI=1S/C20H21N3O4S/c1-12-3-8-15-16(11-12)28-18-17(15)19(24)23(22-21-18)9-2-10-27-14-6-4-13(5-7-14)20(25)26/h4-7,12H,2-3,8-11H2,1H3,(H,25,26). The second-order valence-electron chi connectivity index (χ2n) is 7.18. The van der Waals surface area contributed by atoms with E-state index in [2.05, 4.69) is 17.2 Å². The summed E-state index contributed by atoms with van der Waals surface area (Å²) in [5.41, 5.74) is 1.32. The van der Waals surface area contributed by atoms with Crippen LogP contribution in [0.4, 0.5) is 0 Å².